The second-order valence-corrected chi connectivity index (χ2v) is 4.30. The Balaban J connectivity index is 2.19. The maximum absolute atomic E-state index is 13.5. The molecule has 0 aliphatic carbocycles. The molecule has 1 aromatic carbocycles. The van der Waals surface area contributed by atoms with E-state index in [1.807, 2.05) is 6.92 Å². The first kappa shape index (κ1) is 12.0. The summed E-state index contributed by atoms with van der Waals surface area (Å²) in [5.74, 6) is -0.352. The molecule has 0 saturated heterocycles. The van der Waals surface area contributed by atoms with E-state index < -0.39 is 0 Å². The van der Waals surface area contributed by atoms with E-state index in [0.29, 0.717) is 22.8 Å². The number of halogens is 2. The number of nitrogens with two attached hydrogens (primary N) is 1. The van der Waals surface area contributed by atoms with Crippen LogP contribution in [0.2, 0.25) is 5.02 Å². The largest absolute Gasteiger partial charge is 0.323 e. The van der Waals surface area contributed by atoms with Gasteiger partial charge in [0.15, 0.2) is 0 Å². The molecule has 4 nitrogen and oxygen atoms in total. The van der Waals surface area contributed by atoms with Crippen molar-refractivity contribution < 1.29 is 4.39 Å². The SMILES string of the molecule is CC(N)c1cn(Cc2ccc(Cl)cc2F)nn1. The highest BCUT2D eigenvalue weighted by molar-refractivity contribution is 6.30. The number of hydrogen-bond acceptors (Lipinski definition) is 3. The standard InChI is InChI=1S/C11H12ClFN4/c1-7(14)11-6-17(16-15-11)5-8-2-3-9(12)4-10(8)13/h2-4,6-7H,5,14H2,1H3. The minimum Gasteiger partial charge on any atom is -0.323 e. The monoisotopic (exact) mass is 254 g/mol. The van der Waals surface area contributed by atoms with Crippen LogP contribution in [0.1, 0.15) is 24.2 Å². The van der Waals surface area contributed by atoms with Gasteiger partial charge in [0.1, 0.15) is 5.82 Å². The topological polar surface area (TPSA) is 56.7 Å². The van der Waals surface area contributed by atoms with Crippen molar-refractivity contribution in [3.05, 3.63) is 46.5 Å². The average molecular weight is 255 g/mol. The van der Waals surface area contributed by atoms with Gasteiger partial charge in [0.2, 0.25) is 0 Å². The summed E-state index contributed by atoms with van der Waals surface area (Å²) in [5, 5.41) is 8.16. The Kier molecular flexibility index (Phi) is 3.40. The summed E-state index contributed by atoms with van der Waals surface area (Å²) in [6.07, 6.45) is 1.71. The van der Waals surface area contributed by atoms with Crippen LogP contribution in [0.25, 0.3) is 0 Å². The smallest absolute Gasteiger partial charge is 0.129 e. The lowest BCUT2D eigenvalue weighted by Crippen LogP contribution is -2.05. The van der Waals surface area contributed by atoms with Crippen molar-refractivity contribution in [2.24, 2.45) is 5.73 Å². The van der Waals surface area contributed by atoms with Crippen LogP contribution in [-0.2, 0) is 6.54 Å². The second kappa shape index (κ2) is 4.81. The Bertz CT molecular complexity index is 524. The van der Waals surface area contributed by atoms with Crippen LogP contribution in [-0.4, -0.2) is 15.0 Å². The van der Waals surface area contributed by atoms with Gasteiger partial charge >= 0.3 is 0 Å². The van der Waals surface area contributed by atoms with E-state index in [1.54, 1.807) is 23.0 Å². The van der Waals surface area contributed by atoms with E-state index in [-0.39, 0.29) is 11.9 Å². The Labute approximate surface area is 103 Å². The van der Waals surface area contributed by atoms with Crippen LogP contribution >= 0.6 is 11.6 Å². The Morgan fingerprint density at radius 1 is 1.53 bits per heavy atom. The molecule has 1 heterocycles. The summed E-state index contributed by atoms with van der Waals surface area (Å²) in [6.45, 7) is 2.12. The van der Waals surface area contributed by atoms with Gasteiger partial charge in [0, 0.05) is 16.6 Å². The second-order valence-electron chi connectivity index (χ2n) is 3.87. The van der Waals surface area contributed by atoms with Gasteiger partial charge in [-0.3, -0.25) is 0 Å². The molecule has 2 aromatic rings. The first-order valence-electron chi connectivity index (χ1n) is 5.16. The van der Waals surface area contributed by atoms with Crippen molar-refractivity contribution in [1.82, 2.24) is 15.0 Å². The Morgan fingerprint density at radius 3 is 2.88 bits per heavy atom. The fraction of sp³-hybridized carbons (Fsp3) is 0.273. The number of benzene rings is 1. The molecular formula is C11H12ClFN4. The van der Waals surface area contributed by atoms with Gasteiger partial charge in [-0.2, -0.15) is 0 Å². The van der Waals surface area contributed by atoms with E-state index in [1.165, 1.54) is 6.07 Å². The van der Waals surface area contributed by atoms with Crippen molar-refractivity contribution >= 4 is 11.6 Å². The summed E-state index contributed by atoms with van der Waals surface area (Å²) < 4.78 is 15.1. The molecule has 2 rings (SSSR count). The van der Waals surface area contributed by atoms with Crippen LogP contribution in [0.4, 0.5) is 4.39 Å². The molecule has 2 N–H and O–H groups in total. The van der Waals surface area contributed by atoms with Gasteiger partial charge in [-0.05, 0) is 19.1 Å². The van der Waals surface area contributed by atoms with Gasteiger partial charge in [-0.15, -0.1) is 5.10 Å². The number of hydrogen-bond donors (Lipinski definition) is 1. The molecule has 0 fully saturated rings. The summed E-state index contributed by atoms with van der Waals surface area (Å²) in [5.41, 5.74) is 6.85. The first-order valence-corrected chi connectivity index (χ1v) is 5.53. The van der Waals surface area contributed by atoms with E-state index in [2.05, 4.69) is 10.3 Å². The molecule has 0 aliphatic rings. The zero-order valence-corrected chi connectivity index (χ0v) is 10.0. The van der Waals surface area contributed by atoms with Crippen molar-refractivity contribution in [2.75, 3.05) is 0 Å². The van der Waals surface area contributed by atoms with Crippen LogP contribution in [0.15, 0.2) is 24.4 Å². The van der Waals surface area contributed by atoms with Gasteiger partial charge in [0.25, 0.3) is 0 Å². The predicted octanol–water partition coefficient (Wildman–Crippen LogP) is 2.14. The third-order valence-corrected chi connectivity index (χ3v) is 2.61. The molecule has 90 valence electrons. The minimum absolute atomic E-state index is 0.182. The number of aromatic nitrogens is 3. The van der Waals surface area contributed by atoms with Crippen molar-refractivity contribution in [2.45, 2.75) is 19.5 Å². The zero-order chi connectivity index (χ0) is 12.4. The van der Waals surface area contributed by atoms with E-state index in [9.17, 15) is 4.39 Å². The number of nitrogens with zero attached hydrogens (tertiary/aromatic N) is 3. The average Bonchev–Trinajstić information content (AvgIpc) is 2.71. The van der Waals surface area contributed by atoms with Gasteiger partial charge in [-0.25, -0.2) is 9.07 Å². The molecule has 1 aromatic heterocycles. The summed E-state index contributed by atoms with van der Waals surface area (Å²) in [7, 11) is 0. The minimum atomic E-state index is -0.352. The van der Waals surface area contributed by atoms with Crippen molar-refractivity contribution in [3.8, 4) is 0 Å². The molecule has 1 unspecified atom stereocenters. The third-order valence-electron chi connectivity index (χ3n) is 2.37. The maximum atomic E-state index is 13.5. The first-order chi connectivity index (χ1) is 8.06. The summed E-state index contributed by atoms with van der Waals surface area (Å²) >= 11 is 5.67. The van der Waals surface area contributed by atoms with Crippen LogP contribution in [0, 0.1) is 5.82 Å². The summed E-state index contributed by atoms with van der Waals surface area (Å²) in [6, 6.07) is 4.37. The molecule has 0 radical (unpaired) electrons. The molecule has 1 atom stereocenters. The van der Waals surface area contributed by atoms with Crippen LogP contribution in [0.3, 0.4) is 0 Å². The van der Waals surface area contributed by atoms with Crippen molar-refractivity contribution in [1.29, 1.82) is 0 Å². The highest BCUT2D eigenvalue weighted by Crippen LogP contribution is 2.15. The predicted molar refractivity (Wildman–Crippen MR) is 63.1 cm³/mol. The summed E-state index contributed by atoms with van der Waals surface area (Å²) in [4.78, 5) is 0. The lowest BCUT2D eigenvalue weighted by molar-refractivity contribution is 0.577. The quantitative estimate of drug-likeness (QED) is 0.913. The zero-order valence-electron chi connectivity index (χ0n) is 9.27. The van der Waals surface area contributed by atoms with Gasteiger partial charge in [0.05, 0.1) is 18.4 Å². The normalized spacial score (nSPS) is 12.7. The molecule has 6 heteroatoms. The Hall–Kier alpha value is -1.46. The molecule has 17 heavy (non-hydrogen) atoms. The van der Waals surface area contributed by atoms with Gasteiger partial charge < -0.3 is 5.73 Å². The molecule has 0 aliphatic heterocycles. The fourth-order valence-electron chi connectivity index (χ4n) is 1.42. The van der Waals surface area contributed by atoms with Crippen LogP contribution in [0.5, 0.6) is 0 Å². The lowest BCUT2D eigenvalue weighted by atomic mass is 10.2. The highest BCUT2D eigenvalue weighted by atomic mass is 35.5. The number of rotatable bonds is 3. The fourth-order valence-corrected chi connectivity index (χ4v) is 1.58. The molecule has 0 amide bonds. The highest BCUT2D eigenvalue weighted by Gasteiger charge is 2.08. The van der Waals surface area contributed by atoms with Crippen molar-refractivity contribution in [3.63, 3.8) is 0 Å². The maximum Gasteiger partial charge on any atom is 0.129 e. The molecular weight excluding hydrogens is 243 g/mol. The molecule has 0 bridgehead atoms. The van der Waals surface area contributed by atoms with Crippen LogP contribution < -0.4 is 5.73 Å². The van der Waals surface area contributed by atoms with Gasteiger partial charge in [-0.1, -0.05) is 22.9 Å². The molecule has 0 saturated carbocycles. The van der Waals surface area contributed by atoms with E-state index >= 15 is 0 Å². The lowest BCUT2D eigenvalue weighted by Gasteiger charge is -2.03. The van der Waals surface area contributed by atoms with E-state index in [4.69, 9.17) is 17.3 Å². The van der Waals surface area contributed by atoms with E-state index in [0.717, 1.165) is 0 Å². The Morgan fingerprint density at radius 2 is 2.29 bits per heavy atom. The molecule has 0 spiro atoms. The third kappa shape index (κ3) is 2.81.